The van der Waals surface area contributed by atoms with Crippen LogP contribution in [0.4, 0.5) is 0 Å². The zero-order chi connectivity index (χ0) is 21.8. The van der Waals surface area contributed by atoms with Crippen molar-refractivity contribution in [2.24, 2.45) is 0 Å². The van der Waals surface area contributed by atoms with Gasteiger partial charge in [0.25, 0.3) is 5.91 Å². The second-order valence-electron chi connectivity index (χ2n) is 7.39. The molecule has 2 aromatic heterocycles. The second-order valence-corrected chi connectivity index (χ2v) is 7.39. The third kappa shape index (κ3) is 4.03. The molecular formula is C26H22N4O2. The Balaban J connectivity index is 1.34. The maximum absolute atomic E-state index is 12.4. The van der Waals surface area contributed by atoms with E-state index in [1.54, 1.807) is 24.4 Å². The van der Waals surface area contributed by atoms with Crippen LogP contribution in [0.15, 0.2) is 91.1 Å². The van der Waals surface area contributed by atoms with E-state index in [4.69, 9.17) is 9.72 Å². The molecule has 2 heterocycles. The van der Waals surface area contributed by atoms with Gasteiger partial charge < -0.3 is 14.6 Å². The maximum Gasteiger partial charge on any atom is 0.270 e. The molecule has 5 aromatic rings. The summed E-state index contributed by atoms with van der Waals surface area (Å²) in [7, 11) is 0. The van der Waals surface area contributed by atoms with Crippen molar-refractivity contribution < 1.29 is 9.53 Å². The van der Waals surface area contributed by atoms with Gasteiger partial charge in [0.05, 0.1) is 24.1 Å². The number of hydrogen-bond acceptors (Lipinski definition) is 4. The van der Waals surface area contributed by atoms with Crippen molar-refractivity contribution in [1.29, 1.82) is 0 Å². The van der Waals surface area contributed by atoms with Crippen molar-refractivity contribution in [3.8, 4) is 5.75 Å². The molecule has 0 saturated carbocycles. The molecule has 1 N–H and O–H groups in total. The van der Waals surface area contributed by atoms with E-state index in [1.807, 2.05) is 48.5 Å². The molecule has 0 fully saturated rings. The lowest BCUT2D eigenvalue weighted by Gasteiger charge is -2.13. The van der Waals surface area contributed by atoms with E-state index in [-0.39, 0.29) is 5.91 Å². The van der Waals surface area contributed by atoms with Crippen molar-refractivity contribution >= 4 is 27.7 Å². The van der Waals surface area contributed by atoms with Crippen LogP contribution in [0.3, 0.4) is 0 Å². The van der Waals surface area contributed by atoms with Crippen molar-refractivity contribution in [2.45, 2.75) is 13.1 Å². The van der Waals surface area contributed by atoms with Crippen LogP contribution in [0.5, 0.6) is 5.75 Å². The highest BCUT2D eigenvalue weighted by molar-refractivity contribution is 5.92. The smallest absolute Gasteiger partial charge is 0.270 e. The van der Waals surface area contributed by atoms with Crippen molar-refractivity contribution in [2.75, 3.05) is 6.61 Å². The van der Waals surface area contributed by atoms with Gasteiger partial charge >= 0.3 is 0 Å². The Morgan fingerprint density at radius 1 is 0.906 bits per heavy atom. The fourth-order valence-electron chi connectivity index (χ4n) is 3.83. The zero-order valence-corrected chi connectivity index (χ0v) is 17.4. The van der Waals surface area contributed by atoms with Crippen LogP contribution in [0.1, 0.15) is 16.3 Å². The predicted molar refractivity (Wildman–Crippen MR) is 125 cm³/mol. The number of hydrogen-bond donors (Lipinski definition) is 1. The Kier molecular flexibility index (Phi) is 5.49. The van der Waals surface area contributed by atoms with Crippen LogP contribution in [-0.2, 0) is 13.1 Å². The molecular weight excluding hydrogens is 400 g/mol. The number of benzene rings is 3. The number of nitrogens with one attached hydrogen (secondary N) is 1. The second kappa shape index (κ2) is 8.89. The summed E-state index contributed by atoms with van der Waals surface area (Å²) < 4.78 is 8.24. The third-order valence-electron chi connectivity index (χ3n) is 5.36. The van der Waals surface area contributed by atoms with Gasteiger partial charge in [0.2, 0.25) is 0 Å². The Hall–Kier alpha value is -4.19. The first kappa shape index (κ1) is 19.8. The maximum atomic E-state index is 12.4. The highest BCUT2D eigenvalue weighted by Gasteiger charge is 2.13. The van der Waals surface area contributed by atoms with E-state index < -0.39 is 0 Å². The lowest BCUT2D eigenvalue weighted by atomic mass is 10.1. The summed E-state index contributed by atoms with van der Waals surface area (Å²) in [5, 5.41) is 5.16. The molecule has 0 aliphatic carbocycles. The van der Waals surface area contributed by atoms with E-state index in [0.29, 0.717) is 25.4 Å². The standard InChI is InChI=1S/C26H22N4O2/c31-26(22-12-5-6-15-27-22)28-18-25-29-21-11-3-4-13-23(21)30(25)16-17-32-24-14-7-9-19-8-1-2-10-20(19)24/h1-15H,16-18H2,(H,28,31). The average molecular weight is 422 g/mol. The minimum Gasteiger partial charge on any atom is -0.491 e. The number of carbonyl (C=O) groups excluding carboxylic acids is 1. The number of rotatable bonds is 7. The van der Waals surface area contributed by atoms with Gasteiger partial charge in [-0.2, -0.15) is 0 Å². The quantitative estimate of drug-likeness (QED) is 0.416. The number of pyridine rings is 1. The first-order valence-corrected chi connectivity index (χ1v) is 10.5. The molecule has 0 aliphatic heterocycles. The molecule has 0 spiro atoms. The fourth-order valence-corrected chi connectivity index (χ4v) is 3.83. The van der Waals surface area contributed by atoms with Gasteiger partial charge in [-0.05, 0) is 35.7 Å². The van der Waals surface area contributed by atoms with Crippen molar-refractivity contribution in [3.63, 3.8) is 0 Å². The Labute approximate surface area is 185 Å². The number of para-hydroxylation sites is 2. The van der Waals surface area contributed by atoms with Crippen LogP contribution in [0.2, 0.25) is 0 Å². The minimum atomic E-state index is -0.226. The van der Waals surface area contributed by atoms with Crippen LogP contribution < -0.4 is 10.1 Å². The number of amides is 1. The van der Waals surface area contributed by atoms with Gasteiger partial charge in [0.15, 0.2) is 0 Å². The number of fused-ring (bicyclic) bond motifs is 2. The Bertz CT molecular complexity index is 1370. The van der Waals surface area contributed by atoms with Gasteiger partial charge in [0.1, 0.15) is 23.9 Å². The van der Waals surface area contributed by atoms with Crippen LogP contribution in [-0.4, -0.2) is 27.0 Å². The summed E-state index contributed by atoms with van der Waals surface area (Å²) in [6.07, 6.45) is 1.61. The topological polar surface area (TPSA) is 69.0 Å². The van der Waals surface area contributed by atoms with Gasteiger partial charge in [-0.25, -0.2) is 4.98 Å². The number of carbonyl (C=O) groups is 1. The fraction of sp³-hybridized carbons (Fsp3) is 0.115. The largest absolute Gasteiger partial charge is 0.491 e. The first-order chi connectivity index (χ1) is 15.8. The molecule has 32 heavy (non-hydrogen) atoms. The summed E-state index contributed by atoms with van der Waals surface area (Å²) in [5.41, 5.74) is 2.28. The molecule has 158 valence electrons. The monoisotopic (exact) mass is 422 g/mol. The Morgan fingerprint density at radius 2 is 1.72 bits per heavy atom. The molecule has 0 saturated heterocycles. The highest BCUT2D eigenvalue weighted by Crippen LogP contribution is 2.25. The van der Waals surface area contributed by atoms with E-state index in [2.05, 4.69) is 33.1 Å². The van der Waals surface area contributed by atoms with E-state index in [9.17, 15) is 4.79 Å². The molecule has 0 unspecified atom stereocenters. The molecule has 3 aromatic carbocycles. The molecule has 0 atom stereocenters. The molecule has 0 aliphatic rings. The van der Waals surface area contributed by atoms with Gasteiger partial charge in [-0.3, -0.25) is 9.78 Å². The predicted octanol–water partition coefficient (Wildman–Crippen LogP) is 4.59. The number of imidazole rings is 1. The molecule has 6 nitrogen and oxygen atoms in total. The van der Waals surface area contributed by atoms with Crippen molar-refractivity contribution in [1.82, 2.24) is 19.9 Å². The molecule has 1 amide bonds. The Morgan fingerprint density at radius 3 is 2.62 bits per heavy atom. The SMILES string of the molecule is O=C(NCc1nc2ccccc2n1CCOc1cccc2ccccc12)c1ccccn1. The average Bonchev–Trinajstić information content (AvgIpc) is 3.20. The lowest BCUT2D eigenvalue weighted by molar-refractivity contribution is 0.0944. The highest BCUT2D eigenvalue weighted by atomic mass is 16.5. The molecule has 0 bridgehead atoms. The molecule has 0 radical (unpaired) electrons. The molecule has 5 rings (SSSR count). The summed E-state index contributed by atoms with van der Waals surface area (Å²) in [5.74, 6) is 1.41. The summed E-state index contributed by atoms with van der Waals surface area (Å²) in [6, 6.07) is 27.5. The van der Waals surface area contributed by atoms with Crippen LogP contribution in [0.25, 0.3) is 21.8 Å². The number of ether oxygens (including phenoxy) is 1. The van der Waals surface area contributed by atoms with E-state index in [0.717, 1.165) is 33.4 Å². The van der Waals surface area contributed by atoms with E-state index in [1.165, 1.54) is 0 Å². The third-order valence-corrected chi connectivity index (χ3v) is 5.36. The normalized spacial score (nSPS) is 11.0. The lowest BCUT2D eigenvalue weighted by Crippen LogP contribution is -2.26. The van der Waals surface area contributed by atoms with Crippen LogP contribution >= 0.6 is 0 Å². The summed E-state index contributed by atoms with van der Waals surface area (Å²) in [6.45, 7) is 1.40. The van der Waals surface area contributed by atoms with E-state index >= 15 is 0 Å². The van der Waals surface area contributed by atoms with Gasteiger partial charge in [-0.15, -0.1) is 0 Å². The van der Waals surface area contributed by atoms with Gasteiger partial charge in [-0.1, -0.05) is 54.6 Å². The number of nitrogens with zero attached hydrogens (tertiary/aromatic N) is 3. The first-order valence-electron chi connectivity index (χ1n) is 10.5. The van der Waals surface area contributed by atoms with Crippen LogP contribution in [0, 0.1) is 0 Å². The van der Waals surface area contributed by atoms with Gasteiger partial charge in [0, 0.05) is 11.6 Å². The van der Waals surface area contributed by atoms with Crippen molar-refractivity contribution in [3.05, 3.63) is 103 Å². The summed E-state index contributed by atoms with van der Waals surface area (Å²) in [4.78, 5) is 21.3. The number of aromatic nitrogens is 3. The summed E-state index contributed by atoms with van der Waals surface area (Å²) >= 11 is 0. The molecule has 6 heteroatoms. The minimum absolute atomic E-state index is 0.226. The zero-order valence-electron chi connectivity index (χ0n) is 17.4.